The summed E-state index contributed by atoms with van der Waals surface area (Å²) in [6, 6.07) is 21.8. The van der Waals surface area contributed by atoms with Gasteiger partial charge in [0.15, 0.2) is 0 Å². The summed E-state index contributed by atoms with van der Waals surface area (Å²) < 4.78 is 26.0. The van der Waals surface area contributed by atoms with Crippen LogP contribution in [0.15, 0.2) is 89.9 Å². The molecule has 0 fully saturated rings. The number of amides is 1. The van der Waals surface area contributed by atoms with Crippen LogP contribution in [0.1, 0.15) is 45.1 Å². The first-order valence-electron chi connectivity index (χ1n) is 16.1. The van der Waals surface area contributed by atoms with Gasteiger partial charge in [-0.25, -0.2) is 0 Å². The number of carbonyl (C=O) groups is 1. The first kappa shape index (κ1) is 33.1. The number of aryl methyl sites for hydroxylation is 1. The molecule has 1 unspecified atom stereocenters. The van der Waals surface area contributed by atoms with Crippen molar-refractivity contribution in [1.29, 1.82) is 0 Å². The highest BCUT2D eigenvalue weighted by molar-refractivity contribution is 7.85. The number of fused-ring (bicyclic) bond motifs is 1. The summed E-state index contributed by atoms with van der Waals surface area (Å²) in [4.78, 5) is 16.6. The molecule has 1 aliphatic rings. The second-order valence-electron chi connectivity index (χ2n) is 11.2. The van der Waals surface area contributed by atoms with E-state index in [1.165, 1.54) is 0 Å². The minimum atomic E-state index is -1.17. The molecule has 46 heavy (non-hydrogen) atoms. The van der Waals surface area contributed by atoms with Crippen LogP contribution in [0.3, 0.4) is 0 Å². The van der Waals surface area contributed by atoms with Crippen molar-refractivity contribution in [2.75, 3.05) is 48.9 Å². The van der Waals surface area contributed by atoms with E-state index in [1.54, 1.807) is 17.2 Å². The van der Waals surface area contributed by atoms with Gasteiger partial charge in [0.25, 0.3) is 5.91 Å². The molecule has 1 atom stereocenters. The number of nitrogens with zero attached hydrogens (tertiary/aromatic N) is 4. The van der Waals surface area contributed by atoms with Gasteiger partial charge in [-0.05, 0) is 90.6 Å². The summed E-state index contributed by atoms with van der Waals surface area (Å²) in [7, 11) is -1.17. The highest BCUT2D eigenvalue weighted by Gasteiger charge is 2.20. The van der Waals surface area contributed by atoms with Crippen LogP contribution in [-0.4, -0.2) is 63.5 Å². The van der Waals surface area contributed by atoms with Gasteiger partial charge in [-0.15, -0.1) is 10.2 Å². The van der Waals surface area contributed by atoms with Gasteiger partial charge in [0.05, 0.1) is 17.4 Å². The molecule has 0 spiro atoms. The van der Waals surface area contributed by atoms with E-state index in [0.29, 0.717) is 42.5 Å². The molecule has 0 bridgehead atoms. The van der Waals surface area contributed by atoms with Crippen LogP contribution in [0.25, 0.3) is 17.2 Å². The Morgan fingerprint density at radius 3 is 2.39 bits per heavy atom. The fraction of sp³-hybridized carbons (Fsp3) is 0.361. The zero-order valence-electron chi connectivity index (χ0n) is 26.7. The van der Waals surface area contributed by atoms with Crippen molar-refractivity contribution in [3.05, 3.63) is 90.5 Å². The summed E-state index contributed by atoms with van der Waals surface area (Å²) in [5.41, 5.74) is 5.72. The Balaban J connectivity index is 1.25. The van der Waals surface area contributed by atoms with Crippen LogP contribution in [-0.2, 0) is 26.9 Å². The zero-order chi connectivity index (χ0) is 32.1. The van der Waals surface area contributed by atoms with Gasteiger partial charge in [-0.1, -0.05) is 38.5 Å². The number of aromatic nitrogens is 3. The summed E-state index contributed by atoms with van der Waals surface area (Å²) in [5, 5.41) is 10.6. The maximum absolute atomic E-state index is 13.5. The number of unbranched alkanes of at least 4 members (excludes halogenated alkanes) is 1. The van der Waals surface area contributed by atoms with E-state index >= 15 is 0 Å². The van der Waals surface area contributed by atoms with Crippen LogP contribution >= 0.6 is 0 Å². The number of hydrogen-bond donors (Lipinski definition) is 1. The molecule has 9 nitrogen and oxygen atoms in total. The van der Waals surface area contributed by atoms with Crippen molar-refractivity contribution >= 4 is 34.2 Å². The van der Waals surface area contributed by atoms with E-state index in [1.807, 2.05) is 42.5 Å². The number of hydrogen-bond acceptors (Lipinski definition) is 7. The van der Waals surface area contributed by atoms with Crippen molar-refractivity contribution in [3.63, 3.8) is 0 Å². The number of rotatable bonds is 16. The van der Waals surface area contributed by atoms with Gasteiger partial charge in [0, 0.05) is 53.8 Å². The average Bonchev–Trinajstić information content (AvgIpc) is 3.54. The van der Waals surface area contributed by atoms with Crippen LogP contribution < -0.4 is 15.0 Å². The first-order chi connectivity index (χ1) is 22.5. The van der Waals surface area contributed by atoms with Gasteiger partial charge >= 0.3 is 0 Å². The second kappa shape index (κ2) is 16.9. The molecule has 242 valence electrons. The Bertz CT molecular complexity index is 1600. The Morgan fingerprint density at radius 1 is 0.891 bits per heavy atom. The van der Waals surface area contributed by atoms with Crippen LogP contribution in [0.4, 0.5) is 11.4 Å². The quantitative estimate of drug-likeness (QED) is 0.138. The Morgan fingerprint density at radius 2 is 1.65 bits per heavy atom. The first-order valence-corrected chi connectivity index (χ1v) is 17.4. The average molecular weight is 642 g/mol. The molecular weight excluding hydrogens is 598 g/mol. The minimum Gasteiger partial charge on any atom is -0.491 e. The van der Waals surface area contributed by atoms with Crippen molar-refractivity contribution in [2.45, 2.75) is 51.0 Å². The van der Waals surface area contributed by atoms with Crippen molar-refractivity contribution in [2.24, 2.45) is 0 Å². The van der Waals surface area contributed by atoms with Crippen molar-refractivity contribution in [1.82, 2.24) is 14.8 Å². The largest absolute Gasteiger partial charge is 0.491 e. The highest BCUT2D eigenvalue weighted by atomic mass is 32.2. The molecule has 1 amide bonds. The summed E-state index contributed by atoms with van der Waals surface area (Å²) in [6.45, 7) is 8.45. The molecule has 0 aliphatic carbocycles. The van der Waals surface area contributed by atoms with E-state index in [4.69, 9.17) is 9.47 Å². The molecule has 1 aliphatic heterocycles. The number of carbonyl (C=O) groups excluding carboxylic acids is 1. The highest BCUT2D eigenvalue weighted by Crippen LogP contribution is 2.33. The van der Waals surface area contributed by atoms with Gasteiger partial charge in [0.1, 0.15) is 25.0 Å². The lowest BCUT2D eigenvalue weighted by Gasteiger charge is -2.25. The molecular formula is C36H43N5O4S. The van der Waals surface area contributed by atoms with Crippen LogP contribution in [0.5, 0.6) is 5.75 Å². The van der Waals surface area contributed by atoms with Crippen LogP contribution in [0, 0.1) is 0 Å². The predicted molar refractivity (Wildman–Crippen MR) is 185 cm³/mol. The van der Waals surface area contributed by atoms with Gasteiger partial charge in [0.2, 0.25) is 0 Å². The summed E-state index contributed by atoms with van der Waals surface area (Å²) >= 11 is 0. The smallest absolute Gasteiger partial charge is 0.251 e. The zero-order valence-corrected chi connectivity index (χ0v) is 27.5. The number of anilines is 2. The van der Waals surface area contributed by atoms with Crippen molar-refractivity contribution in [3.8, 4) is 16.9 Å². The maximum Gasteiger partial charge on any atom is 0.251 e. The molecule has 1 aromatic heterocycles. The summed E-state index contributed by atoms with van der Waals surface area (Å²) in [6.07, 6.45) is 9.08. The van der Waals surface area contributed by atoms with Crippen LogP contribution in [0.2, 0.25) is 0 Å². The van der Waals surface area contributed by atoms with Crippen molar-refractivity contribution < 1.29 is 18.5 Å². The standard InChI is InChI=1S/C36H43N5O4S/c1-3-5-20-44-21-22-45-33-11-6-28(7-12-33)29-8-15-35-31(24-29)25-30(16-18-41(35)17-4-2)36(42)39-32-9-13-34(14-10-32)46(43)23-19-40-26-37-38-27-40/h6-15,24-27H,3-5,16-23H2,1-2H3,(H,39,42). The third kappa shape index (κ3) is 9.14. The lowest BCUT2D eigenvalue weighted by atomic mass is 10.00. The van der Waals surface area contributed by atoms with Gasteiger partial charge < -0.3 is 24.3 Å². The van der Waals surface area contributed by atoms with Gasteiger partial charge in [-0.3, -0.25) is 9.00 Å². The molecule has 0 radical (unpaired) electrons. The number of nitrogens with one attached hydrogen (secondary N) is 1. The van der Waals surface area contributed by atoms with E-state index in [2.05, 4.69) is 64.6 Å². The van der Waals surface area contributed by atoms with Gasteiger partial charge in [-0.2, -0.15) is 0 Å². The topological polar surface area (TPSA) is 98.6 Å². The second-order valence-corrected chi connectivity index (χ2v) is 12.8. The van der Waals surface area contributed by atoms with E-state index in [0.717, 1.165) is 72.7 Å². The molecule has 3 aromatic carbocycles. The molecule has 10 heteroatoms. The number of benzene rings is 3. The number of ether oxygens (including phenoxy) is 2. The molecule has 1 N–H and O–H groups in total. The maximum atomic E-state index is 13.5. The molecule has 0 saturated carbocycles. The Kier molecular flexibility index (Phi) is 12.1. The fourth-order valence-electron chi connectivity index (χ4n) is 5.31. The minimum absolute atomic E-state index is 0.128. The SMILES string of the molecule is CCCCOCCOc1ccc(-c2ccc3c(c2)C=C(C(=O)Nc2ccc(S(=O)CCn4cnnc4)cc2)CCN3CCC)cc1. The normalized spacial score (nSPS) is 13.4. The third-order valence-electron chi connectivity index (χ3n) is 7.84. The molecule has 2 heterocycles. The molecule has 0 saturated heterocycles. The lowest BCUT2D eigenvalue weighted by Crippen LogP contribution is -2.26. The Hall–Kier alpha value is -4.28. The predicted octanol–water partition coefficient (Wildman–Crippen LogP) is 6.59. The van der Waals surface area contributed by atoms with E-state index < -0.39 is 10.8 Å². The summed E-state index contributed by atoms with van der Waals surface area (Å²) in [5.74, 6) is 1.15. The molecule has 5 rings (SSSR count). The Labute approximate surface area is 274 Å². The lowest BCUT2D eigenvalue weighted by molar-refractivity contribution is -0.112. The fourth-order valence-corrected chi connectivity index (χ4v) is 6.36. The van der Waals surface area contributed by atoms with E-state index in [9.17, 15) is 9.00 Å². The monoisotopic (exact) mass is 641 g/mol. The molecule has 4 aromatic rings. The third-order valence-corrected chi connectivity index (χ3v) is 9.19. The van der Waals surface area contributed by atoms with E-state index in [-0.39, 0.29) is 5.91 Å².